The Morgan fingerprint density at radius 3 is 2.74 bits per heavy atom. The van der Waals surface area contributed by atoms with Gasteiger partial charge in [-0.05, 0) is 55.8 Å². The highest BCUT2D eigenvalue weighted by atomic mass is 35.5. The summed E-state index contributed by atoms with van der Waals surface area (Å²) < 4.78 is 0. The van der Waals surface area contributed by atoms with Gasteiger partial charge in [0.2, 0.25) is 5.91 Å². The molecule has 2 aromatic heterocycles. The van der Waals surface area contributed by atoms with Gasteiger partial charge in [-0.1, -0.05) is 29.3 Å². The van der Waals surface area contributed by atoms with Crippen molar-refractivity contribution in [2.75, 3.05) is 26.2 Å². The quantitative estimate of drug-likeness (QED) is 0.451. The lowest BCUT2D eigenvalue weighted by atomic mass is 10.2. The Kier molecular flexibility index (Phi) is 7.56. The minimum Gasteiger partial charge on any atom is -0.337 e. The summed E-state index contributed by atoms with van der Waals surface area (Å²) in [5.74, 6) is 0.0632. The zero-order chi connectivity index (χ0) is 21.6. The molecular weight excluding hydrogens is 451 g/mol. The number of halogens is 2. The van der Waals surface area contributed by atoms with E-state index < -0.39 is 0 Å². The lowest BCUT2D eigenvalue weighted by Crippen LogP contribution is -2.38. The molecule has 3 heterocycles. The number of pyridine rings is 1. The lowest BCUT2D eigenvalue weighted by molar-refractivity contribution is -0.131. The Hall–Kier alpha value is -1.99. The highest BCUT2D eigenvalue weighted by molar-refractivity contribution is 7.13. The van der Waals surface area contributed by atoms with Crippen LogP contribution in [0.4, 0.5) is 0 Å². The molecule has 1 aliphatic rings. The first-order valence-corrected chi connectivity index (χ1v) is 12.0. The van der Waals surface area contributed by atoms with Gasteiger partial charge in [-0.25, -0.2) is 4.98 Å². The number of amides is 1. The van der Waals surface area contributed by atoms with Gasteiger partial charge in [0.15, 0.2) is 0 Å². The van der Waals surface area contributed by atoms with E-state index in [2.05, 4.69) is 14.9 Å². The zero-order valence-corrected chi connectivity index (χ0v) is 19.5. The third kappa shape index (κ3) is 6.04. The van der Waals surface area contributed by atoms with Crippen molar-refractivity contribution in [3.05, 3.63) is 69.4 Å². The molecule has 8 heteroatoms. The number of likely N-dealkylation sites (tertiary alicyclic amines) is 1. The second-order valence-electron chi connectivity index (χ2n) is 7.67. The molecule has 0 saturated carbocycles. The van der Waals surface area contributed by atoms with Crippen molar-refractivity contribution in [1.82, 2.24) is 19.8 Å². The van der Waals surface area contributed by atoms with Gasteiger partial charge in [0, 0.05) is 43.0 Å². The van der Waals surface area contributed by atoms with Crippen LogP contribution in [0.15, 0.2) is 48.1 Å². The molecule has 0 atom stereocenters. The van der Waals surface area contributed by atoms with Gasteiger partial charge in [0.05, 0.1) is 22.2 Å². The van der Waals surface area contributed by atoms with Crippen molar-refractivity contribution < 1.29 is 4.79 Å². The highest BCUT2D eigenvalue weighted by Crippen LogP contribution is 2.25. The van der Waals surface area contributed by atoms with Gasteiger partial charge >= 0.3 is 0 Å². The Morgan fingerprint density at radius 2 is 2.00 bits per heavy atom. The van der Waals surface area contributed by atoms with E-state index in [1.165, 1.54) is 24.2 Å². The van der Waals surface area contributed by atoms with Gasteiger partial charge in [0.25, 0.3) is 0 Å². The van der Waals surface area contributed by atoms with E-state index in [-0.39, 0.29) is 12.3 Å². The molecule has 162 valence electrons. The molecule has 3 aromatic rings. The van der Waals surface area contributed by atoms with Crippen LogP contribution in [0, 0.1) is 0 Å². The van der Waals surface area contributed by atoms with Crippen LogP contribution in [0.3, 0.4) is 0 Å². The number of hydrogen-bond acceptors (Lipinski definition) is 5. The molecular formula is C23H24Cl2N4OS. The number of carbonyl (C=O) groups is 1. The summed E-state index contributed by atoms with van der Waals surface area (Å²) >= 11 is 13.8. The maximum absolute atomic E-state index is 13.2. The maximum Gasteiger partial charge on any atom is 0.228 e. The Labute approximate surface area is 196 Å². The topological polar surface area (TPSA) is 49.3 Å². The van der Waals surface area contributed by atoms with Crippen LogP contribution in [0.5, 0.6) is 0 Å². The molecule has 0 spiro atoms. The largest absolute Gasteiger partial charge is 0.337 e. The lowest BCUT2D eigenvalue weighted by Gasteiger charge is -2.25. The third-order valence-electron chi connectivity index (χ3n) is 5.39. The number of nitrogens with zero attached hydrogens (tertiary/aromatic N) is 4. The van der Waals surface area contributed by atoms with Crippen LogP contribution < -0.4 is 0 Å². The number of rotatable bonds is 8. The molecule has 1 saturated heterocycles. The number of thiazole rings is 1. The van der Waals surface area contributed by atoms with Gasteiger partial charge in [-0.15, -0.1) is 11.3 Å². The Balaban J connectivity index is 1.46. The van der Waals surface area contributed by atoms with E-state index in [0.29, 0.717) is 23.1 Å². The van der Waals surface area contributed by atoms with E-state index in [4.69, 9.17) is 23.2 Å². The molecule has 1 aromatic carbocycles. The molecule has 0 radical (unpaired) electrons. The van der Waals surface area contributed by atoms with Crippen LogP contribution in [0.25, 0.3) is 10.6 Å². The predicted octanol–water partition coefficient (Wildman–Crippen LogP) is 5.18. The van der Waals surface area contributed by atoms with Crippen LogP contribution in [0.2, 0.25) is 10.0 Å². The van der Waals surface area contributed by atoms with Crippen LogP contribution in [-0.4, -0.2) is 51.9 Å². The third-order valence-corrected chi connectivity index (χ3v) is 7.07. The fraction of sp³-hybridized carbons (Fsp3) is 0.348. The van der Waals surface area contributed by atoms with Crippen LogP contribution in [-0.2, 0) is 17.8 Å². The first-order chi connectivity index (χ1) is 15.1. The Morgan fingerprint density at radius 1 is 1.16 bits per heavy atom. The van der Waals surface area contributed by atoms with Gasteiger partial charge in [0.1, 0.15) is 5.01 Å². The minimum atomic E-state index is 0.0632. The standard InChI is InChI=1S/C23H24Cl2N4OS/c24-20-6-5-17(12-21(20)25)15-29(11-10-28-8-1-2-9-28)22(30)13-19-16-31-23(27-19)18-4-3-7-26-14-18/h3-7,12,14,16H,1-2,8-11,13,15H2. The van der Waals surface area contributed by atoms with E-state index in [1.54, 1.807) is 18.5 Å². The molecule has 31 heavy (non-hydrogen) atoms. The van der Waals surface area contributed by atoms with Crippen molar-refractivity contribution in [3.63, 3.8) is 0 Å². The van der Waals surface area contributed by atoms with Crippen LogP contribution >= 0.6 is 34.5 Å². The van der Waals surface area contributed by atoms with Crippen molar-refractivity contribution in [2.45, 2.75) is 25.8 Å². The van der Waals surface area contributed by atoms with Crippen molar-refractivity contribution in [3.8, 4) is 10.6 Å². The van der Waals surface area contributed by atoms with Gasteiger partial charge in [-0.3, -0.25) is 9.78 Å². The number of benzene rings is 1. The zero-order valence-electron chi connectivity index (χ0n) is 17.1. The molecule has 0 unspecified atom stereocenters. The average molecular weight is 475 g/mol. The van der Waals surface area contributed by atoms with Crippen LogP contribution in [0.1, 0.15) is 24.1 Å². The fourth-order valence-corrected chi connectivity index (χ4v) is 4.83. The van der Waals surface area contributed by atoms with Crippen molar-refractivity contribution in [2.24, 2.45) is 0 Å². The molecule has 1 fully saturated rings. The summed E-state index contributed by atoms with van der Waals surface area (Å²) in [6.07, 6.45) is 6.27. The molecule has 5 nitrogen and oxygen atoms in total. The monoisotopic (exact) mass is 474 g/mol. The molecule has 1 amide bonds. The van der Waals surface area contributed by atoms with E-state index in [9.17, 15) is 4.79 Å². The number of hydrogen-bond donors (Lipinski definition) is 0. The number of aromatic nitrogens is 2. The average Bonchev–Trinajstić information content (AvgIpc) is 3.46. The van der Waals surface area contributed by atoms with E-state index in [0.717, 1.165) is 41.5 Å². The van der Waals surface area contributed by atoms with Crippen molar-refractivity contribution in [1.29, 1.82) is 0 Å². The number of carbonyl (C=O) groups excluding carboxylic acids is 1. The first-order valence-electron chi connectivity index (χ1n) is 10.4. The second-order valence-corrected chi connectivity index (χ2v) is 9.35. The smallest absolute Gasteiger partial charge is 0.228 e. The first kappa shape index (κ1) is 22.2. The molecule has 4 rings (SSSR count). The van der Waals surface area contributed by atoms with Gasteiger partial charge in [-0.2, -0.15) is 0 Å². The summed E-state index contributed by atoms with van der Waals surface area (Å²) in [6, 6.07) is 9.41. The summed E-state index contributed by atoms with van der Waals surface area (Å²) in [4.78, 5) is 26.3. The predicted molar refractivity (Wildman–Crippen MR) is 127 cm³/mol. The fourth-order valence-electron chi connectivity index (χ4n) is 3.70. The Bertz CT molecular complexity index is 1020. The van der Waals surface area contributed by atoms with Crippen molar-refractivity contribution >= 4 is 40.4 Å². The minimum absolute atomic E-state index is 0.0632. The maximum atomic E-state index is 13.2. The molecule has 0 N–H and O–H groups in total. The normalized spacial score (nSPS) is 14.1. The summed E-state index contributed by atoms with van der Waals surface area (Å²) in [5.41, 5.74) is 2.72. The summed E-state index contributed by atoms with van der Waals surface area (Å²) in [6.45, 7) is 4.28. The van der Waals surface area contributed by atoms with E-state index >= 15 is 0 Å². The van der Waals surface area contributed by atoms with E-state index in [1.807, 2.05) is 34.5 Å². The highest BCUT2D eigenvalue weighted by Gasteiger charge is 2.19. The molecule has 0 bridgehead atoms. The SMILES string of the molecule is O=C(Cc1csc(-c2cccnc2)n1)N(CCN1CCCC1)Cc1ccc(Cl)c(Cl)c1. The summed E-state index contributed by atoms with van der Waals surface area (Å²) in [5, 5.41) is 3.86. The summed E-state index contributed by atoms with van der Waals surface area (Å²) in [7, 11) is 0. The molecule has 1 aliphatic heterocycles. The van der Waals surface area contributed by atoms with Gasteiger partial charge < -0.3 is 9.80 Å². The molecule has 0 aliphatic carbocycles. The second kappa shape index (κ2) is 10.6.